The van der Waals surface area contributed by atoms with Crippen molar-refractivity contribution in [1.82, 2.24) is 0 Å². The highest BCUT2D eigenvalue weighted by atomic mass is 16.6. The largest absolute Gasteiger partial charge is 0.488 e. The molecule has 1 aromatic carbocycles. The first-order valence-electron chi connectivity index (χ1n) is 5.63. The molecule has 0 heterocycles. The molecule has 0 radical (unpaired) electrons. The van der Waals surface area contributed by atoms with Crippen LogP contribution in [0.2, 0.25) is 0 Å². The Kier molecular flexibility index (Phi) is 4.37. The Labute approximate surface area is 107 Å². The van der Waals surface area contributed by atoms with Crippen LogP contribution in [0, 0.1) is 0 Å². The van der Waals surface area contributed by atoms with Gasteiger partial charge in [0.15, 0.2) is 0 Å². The fourth-order valence-corrected chi connectivity index (χ4v) is 1.31. The van der Waals surface area contributed by atoms with Gasteiger partial charge in [0.2, 0.25) is 0 Å². The summed E-state index contributed by atoms with van der Waals surface area (Å²) < 4.78 is 5.22. The molecule has 1 aromatic rings. The molecule has 0 fully saturated rings. The number of ether oxygens (including phenoxy) is 1. The second kappa shape index (κ2) is 5.41. The Morgan fingerprint density at radius 2 is 1.72 bits per heavy atom. The van der Waals surface area contributed by atoms with Gasteiger partial charge in [-0.3, -0.25) is 4.90 Å². The molecule has 0 aliphatic rings. The minimum absolute atomic E-state index is 0.372. The van der Waals surface area contributed by atoms with Crippen LogP contribution in [0.1, 0.15) is 20.8 Å². The first-order chi connectivity index (χ1) is 8.20. The monoisotopic (exact) mass is 251 g/mol. The summed E-state index contributed by atoms with van der Waals surface area (Å²) in [6, 6.07) is 6.33. The average Bonchev–Trinajstić information content (AvgIpc) is 2.26. The Morgan fingerprint density at radius 3 is 2.11 bits per heavy atom. The molecule has 0 bridgehead atoms. The standard InChI is InChI=1S/C12H18BNO4/c1-12(2,3)18-11(15)14(4)10-7-5-9(6-8-10)13(16)17/h5-8,16-17H,1-4H3. The molecule has 2 N–H and O–H groups in total. The summed E-state index contributed by atoms with van der Waals surface area (Å²) in [7, 11) is 0.0872. The number of hydrogen-bond acceptors (Lipinski definition) is 4. The number of rotatable bonds is 2. The Morgan fingerprint density at radius 1 is 1.22 bits per heavy atom. The molecule has 0 aliphatic carbocycles. The van der Waals surface area contributed by atoms with Gasteiger partial charge >= 0.3 is 13.2 Å². The van der Waals surface area contributed by atoms with Crippen molar-refractivity contribution in [1.29, 1.82) is 0 Å². The molecule has 98 valence electrons. The van der Waals surface area contributed by atoms with Crippen LogP contribution < -0.4 is 10.4 Å². The summed E-state index contributed by atoms with van der Waals surface area (Å²) in [6.45, 7) is 5.39. The molecule has 0 spiro atoms. The second-order valence-electron chi connectivity index (χ2n) is 5.00. The van der Waals surface area contributed by atoms with E-state index in [1.165, 1.54) is 4.90 Å². The Bertz CT molecular complexity index is 411. The quantitative estimate of drug-likeness (QED) is 0.760. The van der Waals surface area contributed by atoms with Gasteiger partial charge in [0.25, 0.3) is 0 Å². The van der Waals surface area contributed by atoms with Gasteiger partial charge in [-0.1, -0.05) is 12.1 Å². The first kappa shape index (κ1) is 14.5. The maximum atomic E-state index is 11.8. The Balaban J connectivity index is 2.78. The summed E-state index contributed by atoms with van der Waals surface area (Å²) in [5.41, 5.74) is 0.442. The molecular weight excluding hydrogens is 233 g/mol. The normalized spacial score (nSPS) is 11.0. The summed E-state index contributed by atoms with van der Waals surface area (Å²) in [5, 5.41) is 17.9. The van der Waals surface area contributed by atoms with Crippen LogP contribution in [0.15, 0.2) is 24.3 Å². The number of nitrogens with zero attached hydrogens (tertiary/aromatic N) is 1. The number of carbonyl (C=O) groups excluding carboxylic acids is 1. The van der Waals surface area contributed by atoms with Gasteiger partial charge in [0.05, 0.1) is 0 Å². The van der Waals surface area contributed by atoms with E-state index in [-0.39, 0.29) is 0 Å². The van der Waals surface area contributed by atoms with E-state index in [0.29, 0.717) is 11.2 Å². The molecule has 1 rings (SSSR count). The van der Waals surface area contributed by atoms with Crippen molar-refractivity contribution < 1.29 is 19.6 Å². The zero-order valence-corrected chi connectivity index (χ0v) is 11.0. The third-order valence-electron chi connectivity index (χ3n) is 2.25. The van der Waals surface area contributed by atoms with Crippen LogP contribution in [0.25, 0.3) is 0 Å². The molecule has 0 aliphatic heterocycles. The maximum Gasteiger partial charge on any atom is 0.488 e. The molecule has 1 amide bonds. The topological polar surface area (TPSA) is 70.0 Å². The SMILES string of the molecule is CN(C(=O)OC(C)(C)C)c1ccc(B(O)O)cc1. The molecule has 0 saturated carbocycles. The van der Waals surface area contributed by atoms with E-state index in [9.17, 15) is 4.79 Å². The van der Waals surface area contributed by atoms with E-state index >= 15 is 0 Å². The van der Waals surface area contributed by atoms with Crippen molar-refractivity contribution >= 4 is 24.4 Å². The van der Waals surface area contributed by atoms with Crippen molar-refractivity contribution in [2.24, 2.45) is 0 Å². The van der Waals surface area contributed by atoms with Crippen molar-refractivity contribution in [3.8, 4) is 0 Å². The highest BCUT2D eigenvalue weighted by Gasteiger charge is 2.20. The van der Waals surface area contributed by atoms with Gasteiger partial charge in [-0.05, 0) is 38.4 Å². The van der Waals surface area contributed by atoms with Crippen LogP contribution in [-0.4, -0.2) is 35.9 Å². The molecule has 0 unspecified atom stereocenters. The minimum atomic E-state index is -1.51. The van der Waals surface area contributed by atoms with Gasteiger partial charge in [-0.15, -0.1) is 0 Å². The van der Waals surface area contributed by atoms with Crippen molar-refractivity contribution in [3.63, 3.8) is 0 Å². The summed E-state index contributed by atoms with van der Waals surface area (Å²) >= 11 is 0. The van der Waals surface area contributed by atoms with Crippen molar-refractivity contribution in [3.05, 3.63) is 24.3 Å². The molecule has 18 heavy (non-hydrogen) atoms. The third kappa shape index (κ3) is 4.05. The average molecular weight is 251 g/mol. The molecule has 0 aromatic heterocycles. The number of hydrogen-bond donors (Lipinski definition) is 2. The van der Waals surface area contributed by atoms with Crippen LogP contribution in [0.5, 0.6) is 0 Å². The summed E-state index contributed by atoms with van der Waals surface area (Å²) in [4.78, 5) is 13.1. The summed E-state index contributed by atoms with van der Waals surface area (Å²) in [6.07, 6.45) is -0.459. The zero-order chi connectivity index (χ0) is 13.9. The van der Waals surface area contributed by atoms with Crippen LogP contribution in [0.4, 0.5) is 10.5 Å². The highest BCUT2D eigenvalue weighted by Crippen LogP contribution is 2.15. The molecule has 0 saturated heterocycles. The fourth-order valence-electron chi connectivity index (χ4n) is 1.31. The Hall–Kier alpha value is -1.53. The zero-order valence-electron chi connectivity index (χ0n) is 11.0. The third-order valence-corrected chi connectivity index (χ3v) is 2.25. The van der Waals surface area contributed by atoms with Crippen LogP contribution in [0.3, 0.4) is 0 Å². The first-order valence-corrected chi connectivity index (χ1v) is 5.63. The highest BCUT2D eigenvalue weighted by molar-refractivity contribution is 6.58. The van der Waals surface area contributed by atoms with Crippen LogP contribution >= 0.6 is 0 Å². The smallest absolute Gasteiger partial charge is 0.443 e. The fraction of sp³-hybridized carbons (Fsp3) is 0.417. The molecule has 0 atom stereocenters. The lowest BCUT2D eigenvalue weighted by atomic mass is 9.80. The van der Waals surface area contributed by atoms with Gasteiger partial charge in [0.1, 0.15) is 5.60 Å². The minimum Gasteiger partial charge on any atom is -0.443 e. The lowest BCUT2D eigenvalue weighted by Gasteiger charge is -2.24. The van der Waals surface area contributed by atoms with Crippen molar-refractivity contribution in [2.75, 3.05) is 11.9 Å². The van der Waals surface area contributed by atoms with E-state index < -0.39 is 18.8 Å². The van der Waals surface area contributed by atoms with E-state index in [2.05, 4.69) is 0 Å². The van der Waals surface area contributed by atoms with E-state index in [0.717, 1.165) is 0 Å². The molecular formula is C12H18BNO4. The second-order valence-corrected chi connectivity index (χ2v) is 5.00. The lowest BCUT2D eigenvalue weighted by molar-refractivity contribution is 0.0589. The molecule has 6 heteroatoms. The van der Waals surface area contributed by atoms with E-state index in [4.69, 9.17) is 14.8 Å². The number of carbonyl (C=O) groups is 1. The predicted molar refractivity (Wildman–Crippen MR) is 70.9 cm³/mol. The molecule has 5 nitrogen and oxygen atoms in total. The number of anilines is 1. The predicted octanol–water partition coefficient (Wildman–Crippen LogP) is 0.738. The van der Waals surface area contributed by atoms with E-state index in [1.807, 2.05) is 0 Å². The number of amides is 1. The van der Waals surface area contributed by atoms with Crippen LogP contribution in [-0.2, 0) is 4.74 Å². The van der Waals surface area contributed by atoms with Gasteiger partial charge < -0.3 is 14.8 Å². The van der Waals surface area contributed by atoms with Gasteiger partial charge in [-0.25, -0.2) is 4.79 Å². The van der Waals surface area contributed by atoms with Gasteiger partial charge in [0, 0.05) is 12.7 Å². The maximum absolute atomic E-state index is 11.8. The van der Waals surface area contributed by atoms with E-state index in [1.54, 1.807) is 52.1 Å². The van der Waals surface area contributed by atoms with Gasteiger partial charge in [-0.2, -0.15) is 0 Å². The summed E-state index contributed by atoms with van der Waals surface area (Å²) in [5.74, 6) is 0. The number of benzene rings is 1. The van der Waals surface area contributed by atoms with Crippen molar-refractivity contribution in [2.45, 2.75) is 26.4 Å². The lowest BCUT2D eigenvalue weighted by Crippen LogP contribution is -2.34.